The van der Waals surface area contributed by atoms with Gasteiger partial charge in [-0.05, 0) is 30.4 Å². The largest absolute Gasteiger partial charge is 0.359 e. The molecule has 0 aliphatic heterocycles. The molecule has 0 spiro atoms. The van der Waals surface area contributed by atoms with Crippen molar-refractivity contribution >= 4 is 17.4 Å². The maximum absolute atomic E-state index is 8.85. The first-order valence-electron chi connectivity index (χ1n) is 5.39. The maximum atomic E-state index is 8.85. The molecule has 2 unspecified atom stereocenters. The van der Waals surface area contributed by atoms with Crippen LogP contribution in [0.4, 0.5) is 5.82 Å². The Balaban J connectivity index is 2.13. The predicted octanol–water partition coefficient (Wildman–Crippen LogP) is 2.70. The van der Waals surface area contributed by atoms with E-state index in [1.54, 1.807) is 12.1 Å². The second-order valence-electron chi connectivity index (χ2n) is 4.50. The molecule has 1 aliphatic rings. The third-order valence-corrected chi connectivity index (χ3v) is 3.28. The van der Waals surface area contributed by atoms with Gasteiger partial charge in [0, 0.05) is 13.6 Å². The summed E-state index contributed by atoms with van der Waals surface area (Å²) in [6, 6.07) is 5.45. The van der Waals surface area contributed by atoms with Gasteiger partial charge in [-0.2, -0.15) is 5.26 Å². The van der Waals surface area contributed by atoms with E-state index in [1.807, 2.05) is 7.05 Å². The lowest BCUT2D eigenvalue weighted by Gasteiger charge is -2.18. The lowest BCUT2D eigenvalue weighted by Crippen LogP contribution is -2.21. The number of hydrogen-bond donors (Lipinski definition) is 0. The molecule has 0 saturated heterocycles. The van der Waals surface area contributed by atoms with Crippen LogP contribution in [0.15, 0.2) is 12.1 Å². The highest BCUT2D eigenvalue weighted by molar-refractivity contribution is 6.29. The molecule has 0 aromatic carbocycles. The monoisotopic (exact) mass is 235 g/mol. The highest BCUT2D eigenvalue weighted by atomic mass is 35.5. The Bertz CT molecular complexity index is 438. The first-order chi connectivity index (χ1) is 7.60. The van der Waals surface area contributed by atoms with Crippen molar-refractivity contribution in [2.75, 3.05) is 18.5 Å². The second-order valence-corrected chi connectivity index (χ2v) is 4.89. The van der Waals surface area contributed by atoms with E-state index in [0.717, 1.165) is 24.2 Å². The Labute approximate surface area is 101 Å². The van der Waals surface area contributed by atoms with E-state index in [-0.39, 0.29) is 0 Å². The van der Waals surface area contributed by atoms with Crippen LogP contribution in [0.1, 0.15) is 18.9 Å². The van der Waals surface area contributed by atoms with Crippen molar-refractivity contribution in [2.24, 2.45) is 11.8 Å². The van der Waals surface area contributed by atoms with Crippen molar-refractivity contribution in [1.82, 2.24) is 4.98 Å². The van der Waals surface area contributed by atoms with E-state index in [1.165, 1.54) is 6.42 Å². The van der Waals surface area contributed by atoms with Crippen molar-refractivity contribution in [3.05, 3.63) is 22.8 Å². The van der Waals surface area contributed by atoms with E-state index < -0.39 is 0 Å². The Morgan fingerprint density at radius 3 is 2.88 bits per heavy atom. The van der Waals surface area contributed by atoms with Crippen LogP contribution in [0.25, 0.3) is 0 Å². The van der Waals surface area contributed by atoms with E-state index in [9.17, 15) is 0 Å². The summed E-state index contributed by atoms with van der Waals surface area (Å²) in [4.78, 5) is 6.30. The standard InChI is InChI=1S/C12H14ClN3/c1-8-3-10(8)7-16(2)12-5-9(6-14)4-11(13)15-12/h4-5,8,10H,3,7H2,1-2H3. The molecule has 1 aromatic rings. The van der Waals surface area contributed by atoms with Gasteiger partial charge in [-0.1, -0.05) is 18.5 Å². The Morgan fingerprint density at radius 1 is 1.62 bits per heavy atom. The number of halogens is 1. The summed E-state index contributed by atoms with van der Waals surface area (Å²) in [7, 11) is 1.99. The molecule has 16 heavy (non-hydrogen) atoms. The van der Waals surface area contributed by atoms with Crippen molar-refractivity contribution in [2.45, 2.75) is 13.3 Å². The Kier molecular flexibility index (Phi) is 3.02. The zero-order valence-electron chi connectivity index (χ0n) is 9.44. The summed E-state index contributed by atoms with van der Waals surface area (Å²) in [6.45, 7) is 3.24. The summed E-state index contributed by atoms with van der Waals surface area (Å²) < 4.78 is 0. The minimum atomic E-state index is 0.379. The van der Waals surface area contributed by atoms with Crippen molar-refractivity contribution < 1.29 is 0 Å². The molecule has 0 amide bonds. The average Bonchev–Trinajstić information content (AvgIpc) is 2.93. The zero-order valence-corrected chi connectivity index (χ0v) is 10.2. The van der Waals surface area contributed by atoms with Crippen LogP contribution < -0.4 is 4.90 Å². The minimum Gasteiger partial charge on any atom is -0.359 e. The topological polar surface area (TPSA) is 39.9 Å². The number of rotatable bonds is 3. The Morgan fingerprint density at radius 2 is 2.31 bits per heavy atom. The molecular weight excluding hydrogens is 222 g/mol. The molecule has 3 nitrogen and oxygen atoms in total. The first-order valence-corrected chi connectivity index (χ1v) is 5.76. The molecule has 1 aliphatic carbocycles. The molecule has 0 N–H and O–H groups in total. The summed E-state index contributed by atoms with van der Waals surface area (Å²) in [5.74, 6) is 2.36. The average molecular weight is 236 g/mol. The molecule has 84 valence electrons. The van der Waals surface area contributed by atoms with Gasteiger partial charge in [-0.25, -0.2) is 4.98 Å². The minimum absolute atomic E-state index is 0.379. The van der Waals surface area contributed by atoms with Crippen LogP contribution in [-0.4, -0.2) is 18.6 Å². The van der Waals surface area contributed by atoms with Gasteiger partial charge in [-0.3, -0.25) is 0 Å². The number of hydrogen-bond acceptors (Lipinski definition) is 3. The van der Waals surface area contributed by atoms with Crippen LogP contribution in [0, 0.1) is 23.2 Å². The third-order valence-electron chi connectivity index (χ3n) is 3.09. The Hall–Kier alpha value is -1.27. The molecule has 1 aromatic heterocycles. The van der Waals surface area contributed by atoms with Gasteiger partial charge in [-0.15, -0.1) is 0 Å². The molecule has 4 heteroatoms. The molecule has 1 heterocycles. The highest BCUT2D eigenvalue weighted by Gasteiger charge is 2.33. The molecule has 0 radical (unpaired) electrons. The summed E-state index contributed by atoms with van der Waals surface area (Å²) in [5.41, 5.74) is 0.561. The van der Waals surface area contributed by atoms with Gasteiger partial charge >= 0.3 is 0 Å². The molecule has 1 fully saturated rings. The second kappa shape index (κ2) is 4.31. The summed E-state index contributed by atoms with van der Waals surface area (Å²) in [6.07, 6.45) is 1.29. The van der Waals surface area contributed by atoms with Crippen molar-refractivity contribution in [3.63, 3.8) is 0 Å². The van der Waals surface area contributed by atoms with Crippen LogP contribution in [-0.2, 0) is 0 Å². The lowest BCUT2D eigenvalue weighted by molar-refractivity contribution is 0.719. The van der Waals surface area contributed by atoms with Crippen molar-refractivity contribution in [1.29, 1.82) is 5.26 Å². The van der Waals surface area contributed by atoms with Gasteiger partial charge in [0.15, 0.2) is 0 Å². The van der Waals surface area contributed by atoms with Gasteiger partial charge < -0.3 is 4.90 Å². The predicted molar refractivity (Wildman–Crippen MR) is 64.5 cm³/mol. The third kappa shape index (κ3) is 2.45. The maximum Gasteiger partial charge on any atom is 0.132 e. The van der Waals surface area contributed by atoms with E-state index in [0.29, 0.717) is 10.7 Å². The number of aromatic nitrogens is 1. The van der Waals surface area contributed by atoms with Crippen molar-refractivity contribution in [3.8, 4) is 6.07 Å². The molecule has 0 bridgehead atoms. The van der Waals surface area contributed by atoms with E-state index in [2.05, 4.69) is 22.9 Å². The van der Waals surface area contributed by atoms with E-state index in [4.69, 9.17) is 16.9 Å². The SMILES string of the molecule is CC1CC1CN(C)c1cc(C#N)cc(Cl)n1. The normalized spacial score (nSPS) is 22.6. The van der Waals surface area contributed by atoms with Gasteiger partial charge in [0.25, 0.3) is 0 Å². The fraction of sp³-hybridized carbons (Fsp3) is 0.500. The van der Waals surface area contributed by atoms with Crippen LogP contribution >= 0.6 is 11.6 Å². The number of nitriles is 1. The lowest BCUT2D eigenvalue weighted by atomic mass is 10.2. The van der Waals surface area contributed by atoms with Gasteiger partial charge in [0.05, 0.1) is 11.6 Å². The fourth-order valence-electron chi connectivity index (χ4n) is 1.84. The number of anilines is 1. The van der Waals surface area contributed by atoms with Crippen LogP contribution in [0.5, 0.6) is 0 Å². The molecule has 2 rings (SSSR count). The summed E-state index contributed by atoms with van der Waals surface area (Å²) >= 11 is 5.86. The zero-order chi connectivity index (χ0) is 11.7. The smallest absolute Gasteiger partial charge is 0.132 e. The summed E-state index contributed by atoms with van der Waals surface area (Å²) in [5, 5.41) is 9.23. The first kappa shape index (κ1) is 11.2. The quantitative estimate of drug-likeness (QED) is 0.757. The number of pyridine rings is 1. The molecule has 2 atom stereocenters. The van der Waals surface area contributed by atoms with Crippen LogP contribution in [0.3, 0.4) is 0 Å². The van der Waals surface area contributed by atoms with Crippen LogP contribution in [0.2, 0.25) is 5.15 Å². The number of nitrogens with zero attached hydrogens (tertiary/aromatic N) is 3. The molecule has 1 saturated carbocycles. The highest BCUT2D eigenvalue weighted by Crippen LogP contribution is 2.38. The molecular formula is C12H14ClN3. The fourth-order valence-corrected chi connectivity index (χ4v) is 2.05. The van der Waals surface area contributed by atoms with Gasteiger partial charge in [0.2, 0.25) is 0 Å². The van der Waals surface area contributed by atoms with E-state index >= 15 is 0 Å². The van der Waals surface area contributed by atoms with Gasteiger partial charge in [0.1, 0.15) is 11.0 Å².